The van der Waals surface area contributed by atoms with Gasteiger partial charge in [-0.25, -0.2) is 4.68 Å². The predicted molar refractivity (Wildman–Crippen MR) is 64.9 cm³/mol. The number of aromatic nitrogens is 2. The zero-order chi connectivity index (χ0) is 11.0. The summed E-state index contributed by atoms with van der Waals surface area (Å²) in [5.41, 5.74) is 5.34. The quantitative estimate of drug-likeness (QED) is 0.710. The zero-order valence-electron chi connectivity index (χ0n) is 9.61. The first kappa shape index (κ1) is 9.64. The summed E-state index contributed by atoms with van der Waals surface area (Å²) in [6.45, 7) is 2.12. The van der Waals surface area contributed by atoms with Gasteiger partial charge in [-0.3, -0.25) is 0 Å². The Hall–Kier alpha value is -1.57. The van der Waals surface area contributed by atoms with E-state index in [4.69, 9.17) is 0 Å². The van der Waals surface area contributed by atoms with E-state index < -0.39 is 0 Å². The molecule has 2 heteroatoms. The van der Waals surface area contributed by atoms with Crippen molar-refractivity contribution in [2.45, 2.75) is 32.6 Å². The number of hydrogen-bond acceptors (Lipinski definition) is 1. The van der Waals surface area contributed by atoms with E-state index in [1.54, 1.807) is 0 Å². The molecule has 1 aromatic carbocycles. The van der Waals surface area contributed by atoms with E-state index in [1.807, 2.05) is 6.20 Å². The van der Waals surface area contributed by atoms with Crippen LogP contribution in [0.3, 0.4) is 0 Å². The van der Waals surface area contributed by atoms with Gasteiger partial charge in [-0.15, -0.1) is 0 Å². The molecule has 0 spiro atoms. The van der Waals surface area contributed by atoms with Gasteiger partial charge in [-0.05, 0) is 55.9 Å². The van der Waals surface area contributed by atoms with E-state index in [9.17, 15) is 0 Å². The summed E-state index contributed by atoms with van der Waals surface area (Å²) in [7, 11) is 0. The summed E-state index contributed by atoms with van der Waals surface area (Å²) < 4.78 is 2.11. The van der Waals surface area contributed by atoms with Gasteiger partial charge in [0.15, 0.2) is 0 Å². The third-order valence-electron chi connectivity index (χ3n) is 3.31. The molecule has 0 radical (unpaired) electrons. The number of benzene rings is 1. The van der Waals surface area contributed by atoms with Gasteiger partial charge in [0.1, 0.15) is 0 Å². The molecule has 0 aliphatic heterocycles. The van der Waals surface area contributed by atoms with Crippen molar-refractivity contribution in [1.82, 2.24) is 9.78 Å². The molecule has 0 unspecified atom stereocenters. The Bertz CT molecular complexity index is 511. The standard InChI is InChI=1S/C14H16N2/c1-11-5-4-7-13(9-11)16-14-8-3-2-6-12(14)10-15-16/h4-5,7,9-10H,2-3,6,8H2,1H3. The Morgan fingerprint density at radius 1 is 1.19 bits per heavy atom. The molecule has 16 heavy (non-hydrogen) atoms. The molecule has 3 rings (SSSR count). The van der Waals surface area contributed by atoms with Crippen LogP contribution in [0.1, 0.15) is 29.7 Å². The molecular weight excluding hydrogens is 196 g/mol. The first-order valence-corrected chi connectivity index (χ1v) is 5.97. The summed E-state index contributed by atoms with van der Waals surface area (Å²) in [6, 6.07) is 8.55. The molecular formula is C14H16N2. The third kappa shape index (κ3) is 1.54. The Morgan fingerprint density at radius 3 is 2.94 bits per heavy atom. The van der Waals surface area contributed by atoms with Gasteiger partial charge in [0, 0.05) is 5.69 Å². The Morgan fingerprint density at radius 2 is 2.06 bits per heavy atom. The van der Waals surface area contributed by atoms with Crippen LogP contribution in [0.15, 0.2) is 30.5 Å². The average molecular weight is 212 g/mol. The molecule has 0 saturated heterocycles. The first-order valence-electron chi connectivity index (χ1n) is 5.97. The number of aryl methyl sites for hydroxylation is 2. The fourth-order valence-corrected chi connectivity index (χ4v) is 2.47. The van der Waals surface area contributed by atoms with Crippen LogP contribution in [0.25, 0.3) is 5.69 Å². The lowest BCUT2D eigenvalue weighted by molar-refractivity contribution is 0.653. The minimum absolute atomic E-state index is 1.17. The summed E-state index contributed by atoms with van der Waals surface area (Å²) >= 11 is 0. The highest BCUT2D eigenvalue weighted by atomic mass is 15.3. The van der Waals surface area contributed by atoms with Crippen LogP contribution in [-0.4, -0.2) is 9.78 Å². The number of hydrogen-bond donors (Lipinski definition) is 0. The second kappa shape index (κ2) is 3.78. The topological polar surface area (TPSA) is 17.8 Å². The van der Waals surface area contributed by atoms with E-state index in [-0.39, 0.29) is 0 Å². The molecule has 0 atom stereocenters. The van der Waals surface area contributed by atoms with Crippen LogP contribution in [0.2, 0.25) is 0 Å². The number of nitrogens with zero attached hydrogens (tertiary/aromatic N) is 2. The van der Waals surface area contributed by atoms with E-state index >= 15 is 0 Å². The highest BCUT2D eigenvalue weighted by molar-refractivity contribution is 5.38. The van der Waals surface area contributed by atoms with Crippen molar-refractivity contribution in [3.05, 3.63) is 47.3 Å². The van der Waals surface area contributed by atoms with Gasteiger partial charge < -0.3 is 0 Å². The van der Waals surface area contributed by atoms with E-state index in [2.05, 4.69) is 41.0 Å². The summed E-state index contributed by atoms with van der Waals surface area (Å²) in [5, 5.41) is 4.53. The molecule has 0 saturated carbocycles. The van der Waals surface area contributed by atoms with Gasteiger partial charge >= 0.3 is 0 Å². The van der Waals surface area contributed by atoms with Gasteiger partial charge in [-0.1, -0.05) is 12.1 Å². The lowest BCUT2D eigenvalue weighted by atomic mass is 9.98. The molecule has 0 bridgehead atoms. The first-order chi connectivity index (χ1) is 7.84. The highest BCUT2D eigenvalue weighted by Crippen LogP contribution is 2.23. The fraction of sp³-hybridized carbons (Fsp3) is 0.357. The SMILES string of the molecule is Cc1cccc(-n2ncc3c2CCCC3)c1. The molecule has 1 aromatic heterocycles. The second-order valence-electron chi connectivity index (χ2n) is 4.57. The van der Waals surface area contributed by atoms with Crippen molar-refractivity contribution >= 4 is 0 Å². The van der Waals surface area contributed by atoms with Crippen molar-refractivity contribution in [2.75, 3.05) is 0 Å². The molecule has 2 nitrogen and oxygen atoms in total. The largest absolute Gasteiger partial charge is 0.238 e. The van der Waals surface area contributed by atoms with E-state index in [0.717, 1.165) is 0 Å². The second-order valence-corrected chi connectivity index (χ2v) is 4.57. The van der Waals surface area contributed by atoms with Crippen LogP contribution in [0.5, 0.6) is 0 Å². The van der Waals surface area contributed by atoms with Gasteiger partial charge in [0.2, 0.25) is 0 Å². The minimum atomic E-state index is 1.17. The van der Waals surface area contributed by atoms with E-state index in [0.29, 0.717) is 0 Å². The molecule has 82 valence electrons. The fourth-order valence-electron chi connectivity index (χ4n) is 2.47. The lowest BCUT2D eigenvalue weighted by Gasteiger charge is -2.14. The predicted octanol–water partition coefficient (Wildman–Crippen LogP) is 3.06. The average Bonchev–Trinajstić information content (AvgIpc) is 2.72. The Labute approximate surface area is 95.9 Å². The molecule has 1 aliphatic carbocycles. The zero-order valence-corrected chi connectivity index (χ0v) is 9.61. The van der Waals surface area contributed by atoms with Crippen molar-refractivity contribution < 1.29 is 0 Å². The summed E-state index contributed by atoms with van der Waals surface area (Å²) in [5.74, 6) is 0. The van der Waals surface area contributed by atoms with Crippen LogP contribution in [0, 0.1) is 6.92 Å². The normalized spacial score (nSPS) is 14.8. The van der Waals surface area contributed by atoms with Crippen LogP contribution >= 0.6 is 0 Å². The van der Waals surface area contributed by atoms with Crippen LogP contribution in [0.4, 0.5) is 0 Å². The highest BCUT2D eigenvalue weighted by Gasteiger charge is 2.15. The van der Waals surface area contributed by atoms with Crippen LogP contribution in [-0.2, 0) is 12.8 Å². The smallest absolute Gasteiger partial charge is 0.0651 e. The molecule has 0 N–H and O–H groups in total. The molecule has 1 heterocycles. The number of rotatable bonds is 1. The third-order valence-corrected chi connectivity index (χ3v) is 3.31. The van der Waals surface area contributed by atoms with E-state index in [1.165, 1.54) is 48.2 Å². The van der Waals surface area contributed by atoms with Gasteiger partial charge in [-0.2, -0.15) is 5.10 Å². The van der Waals surface area contributed by atoms with Crippen molar-refractivity contribution in [3.63, 3.8) is 0 Å². The molecule has 0 fully saturated rings. The Kier molecular flexibility index (Phi) is 2.28. The maximum Gasteiger partial charge on any atom is 0.0651 e. The van der Waals surface area contributed by atoms with Crippen molar-refractivity contribution in [2.24, 2.45) is 0 Å². The summed E-state index contributed by atoms with van der Waals surface area (Å²) in [6.07, 6.45) is 7.01. The van der Waals surface area contributed by atoms with Gasteiger partial charge in [0.05, 0.1) is 11.9 Å². The maximum atomic E-state index is 4.53. The van der Waals surface area contributed by atoms with Gasteiger partial charge in [0.25, 0.3) is 0 Å². The molecule has 0 amide bonds. The minimum Gasteiger partial charge on any atom is -0.238 e. The monoisotopic (exact) mass is 212 g/mol. The summed E-state index contributed by atoms with van der Waals surface area (Å²) in [4.78, 5) is 0. The maximum absolute atomic E-state index is 4.53. The Balaban J connectivity index is 2.09. The van der Waals surface area contributed by atoms with Crippen molar-refractivity contribution in [3.8, 4) is 5.69 Å². The molecule has 1 aliphatic rings. The lowest BCUT2D eigenvalue weighted by Crippen LogP contribution is -2.07. The molecule has 2 aromatic rings. The van der Waals surface area contributed by atoms with Crippen LogP contribution < -0.4 is 0 Å². The number of fused-ring (bicyclic) bond motifs is 1. The van der Waals surface area contributed by atoms with Crippen molar-refractivity contribution in [1.29, 1.82) is 0 Å².